The smallest absolute Gasteiger partial charge is 0.462 e. The summed E-state index contributed by atoms with van der Waals surface area (Å²) in [6, 6.07) is 0. The lowest BCUT2D eigenvalue weighted by molar-refractivity contribution is -0.161. The number of esters is 4. The number of aliphatic hydroxyl groups excluding tert-OH is 1. The lowest BCUT2D eigenvalue weighted by Gasteiger charge is -2.21. The monoisotopic (exact) mass is 1580 g/mol. The minimum absolute atomic E-state index is 0.107. The van der Waals surface area contributed by atoms with Crippen molar-refractivity contribution in [3.8, 4) is 0 Å². The molecule has 0 rings (SSSR count). The number of aliphatic hydroxyl groups is 1. The molecular weight excluding hydrogens is 1400 g/mol. The van der Waals surface area contributed by atoms with Crippen molar-refractivity contribution >= 4 is 39.5 Å². The van der Waals surface area contributed by atoms with Crippen molar-refractivity contribution in [1.82, 2.24) is 0 Å². The maximum Gasteiger partial charge on any atom is 0.472 e. The van der Waals surface area contributed by atoms with Crippen LogP contribution in [0.5, 0.6) is 0 Å². The number of ether oxygens (including phenoxy) is 4. The zero-order valence-electron chi connectivity index (χ0n) is 71.2. The van der Waals surface area contributed by atoms with Crippen LogP contribution in [0.1, 0.15) is 478 Å². The Balaban J connectivity index is 5.22. The fraction of sp³-hybridized carbons (Fsp3) is 0.955. The molecule has 2 unspecified atom stereocenters. The maximum absolute atomic E-state index is 13.2. The number of hydrogen-bond donors (Lipinski definition) is 3. The molecule has 3 N–H and O–H groups in total. The lowest BCUT2D eigenvalue weighted by atomic mass is 10.0. The van der Waals surface area contributed by atoms with E-state index in [4.69, 9.17) is 37.0 Å². The number of phosphoric ester groups is 2. The van der Waals surface area contributed by atoms with Gasteiger partial charge in [-0.25, -0.2) is 9.13 Å². The third-order valence-electron chi connectivity index (χ3n) is 21.0. The first kappa shape index (κ1) is 106. The molecule has 19 heteroatoms. The Kier molecular flexibility index (Phi) is 78.8. The fourth-order valence-electron chi connectivity index (χ4n) is 14.0. The highest BCUT2D eigenvalue weighted by molar-refractivity contribution is 7.47. The van der Waals surface area contributed by atoms with Crippen molar-refractivity contribution in [2.24, 2.45) is 11.8 Å². The van der Waals surface area contributed by atoms with Gasteiger partial charge in [-0.05, 0) is 37.5 Å². The minimum Gasteiger partial charge on any atom is -0.462 e. The highest BCUT2D eigenvalue weighted by Crippen LogP contribution is 2.45. The summed E-state index contributed by atoms with van der Waals surface area (Å²) in [4.78, 5) is 73.3. The van der Waals surface area contributed by atoms with E-state index in [2.05, 4.69) is 41.5 Å². The van der Waals surface area contributed by atoms with E-state index in [1.54, 1.807) is 0 Å². The van der Waals surface area contributed by atoms with Crippen molar-refractivity contribution in [1.29, 1.82) is 0 Å². The largest absolute Gasteiger partial charge is 0.472 e. The van der Waals surface area contributed by atoms with Gasteiger partial charge in [0.2, 0.25) is 0 Å². The van der Waals surface area contributed by atoms with Gasteiger partial charge in [0, 0.05) is 25.7 Å². The SMILES string of the molecule is CCCCCCCCCCCCCCCCCCCCCCCCC(=O)O[C@H](COC(=O)CCCCCCCCCCCCCCCCCCCCCC)COP(=O)(O)OC[C@@H](O)COP(=O)(O)OC[C@@H](COC(=O)CCCCCCCCCCC(C)C)OC(=O)CCCCCCCCCCCCCCC(C)C. The van der Waals surface area contributed by atoms with E-state index in [0.29, 0.717) is 25.7 Å². The van der Waals surface area contributed by atoms with Crippen LogP contribution in [-0.4, -0.2) is 96.7 Å². The molecule has 0 radical (unpaired) electrons. The second-order valence-corrected chi connectivity index (χ2v) is 35.8. The van der Waals surface area contributed by atoms with Crippen LogP contribution in [0.2, 0.25) is 0 Å². The molecule has 0 saturated carbocycles. The molecule has 0 amide bonds. The quantitative estimate of drug-likeness (QED) is 0.0222. The number of phosphoric acid groups is 2. The van der Waals surface area contributed by atoms with Crippen LogP contribution >= 0.6 is 15.6 Å². The summed E-state index contributed by atoms with van der Waals surface area (Å²) in [5.41, 5.74) is 0. The molecule has 642 valence electrons. The molecule has 0 spiro atoms. The van der Waals surface area contributed by atoms with Crippen molar-refractivity contribution in [3.05, 3.63) is 0 Å². The van der Waals surface area contributed by atoms with Crippen LogP contribution in [-0.2, 0) is 65.4 Å². The molecule has 0 aromatic heterocycles. The van der Waals surface area contributed by atoms with Gasteiger partial charge in [-0.1, -0.05) is 427 Å². The summed E-state index contributed by atoms with van der Waals surface area (Å²) in [6.45, 7) is 9.66. The molecule has 17 nitrogen and oxygen atoms in total. The van der Waals surface area contributed by atoms with Gasteiger partial charge in [-0.3, -0.25) is 37.3 Å². The summed E-state index contributed by atoms with van der Waals surface area (Å²) in [7, 11) is -9.93. The van der Waals surface area contributed by atoms with Gasteiger partial charge in [0.15, 0.2) is 12.2 Å². The zero-order chi connectivity index (χ0) is 79.2. The Bertz CT molecular complexity index is 2060. The second-order valence-electron chi connectivity index (χ2n) is 32.9. The molecule has 0 bridgehead atoms. The summed E-state index contributed by atoms with van der Waals surface area (Å²) >= 11 is 0. The molecule has 0 fully saturated rings. The highest BCUT2D eigenvalue weighted by Gasteiger charge is 2.31. The Hall–Kier alpha value is -1.94. The van der Waals surface area contributed by atoms with Crippen LogP contribution in [0.15, 0.2) is 0 Å². The molecule has 108 heavy (non-hydrogen) atoms. The van der Waals surface area contributed by atoms with E-state index in [9.17, 15) is 43.2 Å². The van der Waals surface area contributed by atoms with Gasteiger partial charge in [0.25, 0.3) is 0 Å². The molecule has 0 aromatic carbocycles. The molecule has 0 aliphatic rings. The van der Waals surface area contributed by atoms with Gasteiger partial charge >= 0.3 is 39.5 Å². The van der Waals surface area contributed by atoms with E-state index in [0.717, 1.165) is 102 Å². The first-order valence-electron chi connectivity index (χ1n) is 46.0. The predicted octanol–water partition coefficient (Wildman–Crippen LogP) is 27.4. The minimum atomic E-state index is -4.97. The van der Waals surface area contributed by atoms with Gasteiger partial charge in [-0.2, -0.15) is 0 Å². The number of hydrogen-bond acceptors (Lipinski definition) is 15. The van der Waals surface area contributed by atoms with E-state index in [1.165, 1.54) is 295 Å². The van der Waals surface area contributed by atoms with E-state index in [1.807, 2.05) is 0 Å². The summed E-state index contributed by atoms with van der Waals surface area (Å²) in [5, 5.41) is 10.7. The topological polar surface area (TPSA) is 237 Å². The third kappa shape index (κ3) is 82.1. The molecule has 0 aliphatic heterocycles. The fourth-order valence-corrected chi connectivity index (χ4v) is 15.5. The van der Waals surface area contributed by atoms with Gasteiger partial charge < -0.3 is 33.8 Å². The maximum atomic E-state index is 13.2. The van der Waals surface area contributed by atoms with Crippen LogP contribution in [0.25, 0.3) is 0 Å². The molecule has 5 atom stereocenters. The summed E-state index contributed by atoms with van der Waals surface area (Å²) in [5.74, 6) is -0.598. The zero-order valence-corrected chi connectivity index (χ0v) is 73.0. The van der Waals surface area contributed by atoms with Crippen LogP contribution in [0.3, 0.4) is 0 Å². The van der Waals surface area contributed by atoms with Gasteiger partial charge in [0.1, 0.15) is 19.3 Å². The normalized spacial score (nSPS) is 13.8. The average Bonchev–Trinajstić information content (AvgIpc) is 0.899. The van der Waals surface area contributed by atoms with E-state index in [-0.39, 0.29) is 25.7 Å². The first-order valence-corrected chi connectivity index (χ1v) is 49.0. The number of unbranched alkanes of at least 4 members (excludes halogenated alkanes) is 58. The Morgan fingerprint density at radius 2 is 0.426 bits per heavy atom. The average molecular weight is 1580 g/mol. The molecule has 0 saturated heterocycles. The van der Waals surface area contributed by atoms with Crippen molar-refractivity contribution in [2.75, 3.05) is 39.6 Å². The summed E-state index contributed by atoms with van der Waals surface area (Å²) in [6.07, 6.45) is 73.8. The van der Waals surface area contributed by atoms with Crippen LogP contribution < -0.4 is 0 Å². The molecule has 0 heterocycles. The Morgan fingerprint density at radius 3 is 0.630 bits per heavy atom. The Morgan fingerprint density at radius 1 is 0.250 bits per heavy atom. The van der Waals surface area contributed by atoms with Crippen molar-refractivity contribution in [2.45, 2.75) is 496 Å². The van der Waals surface area contributed by atoms with E-state index < -0.39 is 97.5 Å². The number of rotatable bonds is 88. The van der Waals surface area contributed by atoms with Crippen LogP contribution in [0, 0.1) is 11.8 Å². The molecule has 0 aromatic rings. The van der Waals surface area contributed by atoms with Crippen LogP contribution in [0.4, 0.5) is 0 Å². The second kappa shape index (κ2) is 80.3. The van der Waals surface area contributed by atoms with E-state index >= 15 is 0 Å². The number of carbonyl (C=O) groups excluding carboxylic acids is 4. The predicted molar refractivity (Wildman–Crippen MR) is 446 cm³/mol. The highest BCUT2D eigenvalue weighted by atomic mass is 31.2. The molecular formula is C89H174O17P2. The van der Waals surface area contributed by atoms with Gasteiger partial charge in [-0.15, -0.1) is 0 Å². The Labute approximate surface area is 664 Å². The van der Waals surface area contributed by atoms with Crippen molar-refractivity contribution in [3.63, 3.8) is 0 Å². The third-order valence-corrected chi connectivity index (χ3v) is 22.9. The lowest BCUT2D eigenvalue weighted by Crippen LogP contribution is -2.30. The summed E-state index contributed by atoms with van der Waals surface area (Å²) < 4.78 is 69.0. The molecule has 0 aliphatic carbocycles. The van der Waals surface area contributed by atoms with Crippen molar-refractivity contribution < 1.29 is 80.2 Å². The standard InChI is InChI=1S/C89H174O17P2/c1-7-9-11-13-15-17-19-21-23-25-27-29-30-32-34-36-38-43-47-55-61-67-73-88(93)105-84(77-99-86(91)71-65-59-53-46-42-37-35-33-31-28-26-24-22-20-18-16-14-12-10-8-2)79-103-107(95,96)101-75-83(90)76-102-108(97,98)104-80-85(78-100-87(92)72-66-60-54-50-49-52-58-64-70-82(5)6)106-89(94)74-68-62-56-48-44-40-39-41-45-51-57-63-69-81(3)4/h81-85,90H,7-80H2,1-6H3,(H,95,96)(H,97,98)/t83-,84-,85-/m1/s1. The first-order chi connectivity index (χ1) is 52.4. The number of carbonyl (C=O) groups is 4. The van der Waals surface area contributed by atoms with Gasteiger partial charge in [0.05, 0.1) is 26.4 Å².